The molecule has 1 saturated carbocycles. The molecule has 0 spiro atoms. The van der Waals surface area contributed by atoms with Crippen LogP contribution in [-0.2, 0) is 16.1 Å². The molecule has 1 aromatic carbocycles. The molecule has 126 valence electrons. The molecule has 0 amide bonds. The highest BCUT2D eigenvalue weighted by Crippen LogP contribution is 2.35. The molecule has 0 atom stereocenters. The molecule has 5 heteroatoms. The van der Waals surface area contributed by atoms with Crippen molar-refractivity contribution in [2.75, 3.05) is 13.7 Å². The van der Waals surface area contributed by atoms with Crippen molar-refractivity contribution in [3.8, 4) is 0 Å². The molecule has 1 aliphatic rings. The monoisotopic (exact) mass is 319 g/mol. The standard InChI is InChI=1S/C18H25NO4/c1-3-23-17(22)18(11-5-4-6-12-18)19(2)13-14-7-9-15(10-8-14)16(20)21/h7-10H,3-6,11-13H2,1-2H3,(H,20,21). The predicted molar refractivity (Wildman–Crippen MR) is 87.3 cm³/mol. The first kappa shape index (κ1) is 17.5. The van der Waals surface area contributed by atoms with Crippen LogP contribution in [0.2, 0.25) is 0 Å². The van der Waals surface area contributed by atoms with E-state index < -0.39 is 11.5 Å². The molecule has 1 aliphatic carbocycles. The highest BCUT2D eigenvalue weighted by atomic mass is 16.5. The number of nitrogens with zero attached hydrogens (tertiary/aromatic N) is 1. The summed E-state index contributed by atoms with van der Waals surface area (Å²) in [4.78, 5) is 25.5. The third-order valence-corrected chi connectivity index (χ3v) is 4.69. The van der Waals surface area contributed by atoms with Crippen LogP contribution < -0.4 is 0 Å². The van der Waals surface area contributed by atoms with Crippen molar-refractivity contribution in [3.05, 3.63) is 35.4 Å². The molecule has 0 saturated heterocycles. The second-order valence-electron chi connectivity index (χ2n) is 6.17. The van der Waals surface area contributed by atoms with Gasteiger partial charge in [-0.05, 0) is 44.5 Å². The Morgan fingerprint density at radius 3 is 2.30 bits per heavy atom. The molecule has 0 radical (unpaired) electrons. The summed E-state index contributed by atoms with van der Waals surface area (Å²) in [5.41, 5.74) is 0.709. The smallest absolute Gasteiger partial charge is 0.335 e. The van der Waals surface area contributed by atoms with E-state index in [0.717, 1.165) is 37.7 Å². The summed E-state index contributed by atoms with van der Waals surface area (Å²) in [6, 6.07) is 6.82. The summed E-state index contributed by atoms with van der Waals surface area (Å²) in [5, 5.41) is 8.96. The first-order valence-corrected chi connectivity index (χ1v) is 8.20. The Hall–Kier alpha value is -1.88. The van der Waals surface area contributed by atoms with Crippen LogP contribution in [0.3, 0.4) is 0 Å². The minimum absolute atomic E-state index is 0.135. The highest BCUT2D eigenvalue weighted by molar-refractivity contribution is 5.87. The van der Waals surface area contributed by atoms with Crippen molar-refractivity contribution in [1.82, 2.24) is 4.90 Å². The first-order chi connectivity index (χ1) is 11.0. The summed E-state index contributed by atoms with van der Waals surface area (Å²) in [6.07, 6.45) is 4.84. The molecular weight excluding hydrogens is 294 g/mol. The lowest BCUT2D eigenvalue weighted by Gasteiger charge is -2.42. The summed E-state index contributed by atoms with van der Waals surface area (Å²) >= 11 is 0. The molecular formula is C18H25NO4. The van der Waals surface area contributed by atoms with Crippen molar-refractivity contribution < 1.29 is 19.4 Å². The average Bonchev–Trinajstić information content (AvgIpc) is 2.56. The summed E-state index contributed by atoms with van der Waals surface area (Å²) in [6.45, 7) is 2.82. The number of hydrogen-bond acceptors (Lipinski definition) is 4. The van der Waals surface area contributed by atoms with Crippen LogP contribution >= 0.6 is 0 Å². The quantitative estimate of drug-likeness (QED) is 0.816. The lowest BCUT2D eigenvalue weighted by Crippen LogP contribution is -2.54. The first-order valence-electron chi connectivity index (χ1n) is 8.20. The Balaban J connectivity index is 2.15. The van der Waals surface area contributed by atoms with E-state index in [1.165, 1.54) is 0 Å². The van der Waals surface area contributed by atoms with E-state index in [4.69, 9.17) is 9.84 Å². The zero-order chi connectivity index (χ0) is 16.9. The van der Waals surface area contributed by atoms with Crippen molar-refractivity contribution in [1.29, 1.82) is 0 Å². The Morgan fingerprint density at radius 2 is 1.78 bits per heavy atom. The third kappa shape index (κ3) is 3.91. The van der Waals surface area contributed by atoms with Crippen molar-refractivity contribution in [2.45, 2.75) is 51.1 Å². The number of ether oxygens (including phenoxy) is 1. The minimum atomic E-state index is -0.930. The van der Waals surface area contributed by atoms with Gasteiger partial charge in [0.25, 0.3) is 0 Å². The summed E-state index contributed by atoms with van der Waals surface area (Å²) in [7, 11) is 1.95. The molecule has 0 aromatic heterocycles. The molecule has 23 heavy (non-hydrogen) atoms. The van der Waals surface area contributed by atoms with Crippen LogP contribution in [0.25, 0.3) is 0 Å². The third-order valence-electron chi connectivity index (χ3n) is 4.69. The minimum Gasteiger partial charge on any atom is -0.478 e. The SMILES string of the molecule is CCOC(=O)C1(N(C)Cc2ccc(C(=O)O)cc2)CCCCC1. The van der Waals surface area contributed by atoms with Crippen LogP contribution in [0.1, 0.15) is 54.9 Å². The molecule has 0 heterocycles. The van der Waals surface area contributed by atoms with Crippen LogP contribution in [0.5, 0.6) is 0 Å². The largest absolute Gasteiger partial charge is 0.478 e. The number of esters is 1. The molecule has 1 aromatic rings. The van der Waals surface area contributed by atoms with E-state index >= 15 is 0 Å². The number of carbonyl (C=O) groups excluding carboxylic acids is 1. The van der Waals surface area contributed by atoms with Crippen molar-refractivity contribution in [2.24, 2.45) is 0 Å². The number of hydrogen-bond donors (Lipinski definition) is 1. The van der Waals surface area contributed by atoms with Gasteiger partial charge in [-0.1, -0.05) is 31.4 Å². The van der Waals surface area contributed by atoms with E-state index in [1.54, 1.807) is 12.1 Å². The van der Waals surface area contributed by atoms with Gasteiger partial charge in [0.05, 0.1) is 12.2 Å². The highest BCUT2D eigenvalue weighted by Gasteiger charge is 2.44. The van der Waals surface area contributed by atoms with Gasteiger partial charge in [-0.2, -0.15) is 0 Å². The topological polar surface area (TPSA) is 66.8 Å². The Labute approximate surface area is 137 Å². The number of benzene rings is 1. The predicted octanol–water partition coefficient (Wildman–Crippen LogP) is 3.08. The maximum absolute atomic E-state index is 12.6. The lowest BCUT2D eigenvalue weighted by atomic mass is 9.80. The summed E-state index contributed by atoms with van der Waals surface area (Å²) in [5.74, 6) is -1.07. The number of carbonyl (C=O) groups is 2. The molecule has 0 unspecified atom stereocenters. The number of aromatic carboxylic acids is 1. The van der Waals surface area contributed by atoms with E-state index in [1.807, 2.05) is 26.1 Å². The van der Waals surface area contributed by atoms with Crippen LogP contribution in [0.15, 0.2) is 24.3 Å². The fourth-order valence-electron chi connectivity index (χ4n) is 3.32. The second-order valence-corrected chi connectivity index (χ2v) is 6.17. The Morgan fingerprint density at radius 1 is 1.17 bits per heavy atom. The van der Waals surface area contributed by atoms with E-state index in [-0.39, 0.29) is 11.5 Å². The summed E-state index contributed by atoms with van der Waals surface area (Å²) < 4.78 is 5.34. The Kier molecular flexibility index (Phi) is 5.77. The molecule has 0 aliphatic heterocycles. The van der Waals surface area contributed by atoms with Gasteiger partial charge in [-0.25, -0.2) is 4.79 Å². The zero-order valence-electron chi connectivity index (χ0n) is 13.9. The molecule has 1 fully saturated rings. The maximum atomic E-state index is 12.6. The van der Waals surface area contributed by atoms with Gasteiger partial charge >= 0.3 is 11.9 Å². The fourth-order valence-corrected chi connectivity index (χ4v) is 3.32. The van der Waals surface area contributed by atoms with E-state index in [0.29, 0.717) is 13.2 Å². The van der Waals surface area contributed by atoms with Gasteiger partial charge < -0.3 is 9.84 Å². The van der Waals surface area contributed by atoms with Gasteiger partial charge in [0.15, 0.2) is 0 Å². The molecule has 1 N–H and O–H groups in total. The molecule has 0 bridgehead atoms. The van der Waals surface area contributed by atoms with Gasteiger partial charge in [0.2, 0.25) is 0 Å². The second kappa shape index (κ2) is 7.59. The van der Waals surface area contributed by atoms with Crippen LogP contribution in [0, 0.1) is 0 Å². The van der Waals surface area contributed by atoms with Gasteiger partial charge in [-0.3, -0.25) is 9.69 Å². The van der Waals surface area contributed by atoms with Crippen LogP contribution in [-0.4, -0.2) is 41.1 Å². The van der Waals surface area contributed by atoms with E-state index in [9.17, 15) is 9.59 Å². The molecule has 5 nitrogen and oxygen atoms in total. The molecule has 2 rings (SSSR count). The zero-order valence-corrected chi connectivity index (χ0v) is 13.9. The van der Waals surface area contributed by atoms with Gasteiger partial charge in [0, 0.05) is 6.54 Å². The van der Waals surface area contributed by atoms with Crippen molar-refractivity contribution in [3.63, 3.8) is 0 Å². The fraction of sp³-hybridized carbons (Fsp3) is 0.556. The van der Waals surface area contributed by atoms with Crippen LogP contribution in [0.4, 0.5) is 0 Å². The number of likely N-dealkylation sites (N-methyl/N-ethyl adjacent to an activating group) is 1. The van der Waals surface area contributed by atoms with Crippen molar-refractivity contribution >= 4 is 11.9 Å². The lowest BCUT2D eigenvalue weighted by molar-refractivity contribution is -0.160. The Bertz CT molecular complexity index is 547. The number of carboxylic acids is 1. The average molecular weight is 319 g/mol. The van der Waals surface area contributed by atoms with Gasteiger partial charge in [-0.15, -0.1) is 0 Å². The maximum Gasteiger partial charge on any atom is 0.335 e. The normalized spacial score (nSPS) is 17.0. The number of rotatable bonds is 6. The van der Waals surface area contributed by atoms with E-state index in [2.05, 4.69) is 4.90 Å². The van der Waals surface area contributed by atoms with Gasteiger partial charge in [0.1, 0.15) is 5.54 Å². The number of carboxylic acid groups (broad SMARTS) is 1.